The predicted octanol–water partition coefficient (Wildman–Crippen LogP) is 0.207. The van der Waals surface area contributed by atoms with Gasteiger partial charge in [-0.1, -0.05) is 24.3 Å². The molecule has 0 fully saturated rings. The maximum Gasteiger partial charge on any atom is 0.355 e. The highest BCUT2D eigenvalue weighted by Crippen LogP contribution is 1.88. The van der Waals surface area contributed by atoms with E-state index in [0.29, 0.717) is 0 Å². The molecule has 0 unspecified atom stereocenters. The van der Waals surface area contributed by atoms with Crippen LogP contribution in [0.2, 0.25) is 0 Å². The van der Waals surface area contributed by atoms with Gasteiger partial charge in [-0.25, -0.2) is 0 Å². The van der Waals surface area contributed by atoms with Crippen molar-refractivity contribution in [1.29, 1.82) is 0 Å². The van der Waals surface area contributed by atoms with E-state index in [1.165, 1.54) is 0 Å². The Balaban J connectivity index is 2.74. The SMILES string of the molecule is CO[SiH](OC)c1cc[c]cc1. The number of hydrogen-bond acceptors (Lipinski definition) is 2. The van der Waals surface area contributed by atoms with Crippen molar-refractivity contribution in [2.24, 2.45) is 0 Å². The summed E-state index contributed by atoms with van der Waals surface area (Å²) in [7, 11) is 1.78. The first-order chi connectivity index (χ1) is 5.38. The Hall–Kier alpha value is -0.643. The summed E-state index contributed by atoms with van der Waals surface area (Å²) in [5.41, 5.74) is 0. The van der Waals surface area contributed by atoms with Crippen molar-refractivity contribution in [3.8, 4) is 0 Å². The Morgan fingerprint density at radius 1 is 1.18 bits per heavy atom. The molecule has 0 aliphatic heterocycles. The molecule has 1 radical (unpaired) electrons. The van der Waals surface area contributed by atoms with Crippen molar-refractivity contribution >= 4 is 14.5 Å². The molecule has 0 heterocycles. The second-order valence-corrected chi connectivity index (χ2v) is 4.41. The number of hydrogen-bond donors (Lipinski definition) is 0. The normalized spacial score (nSPS) is 10.5. The van der Waals surface area contributed by atoms with Crippen LogP contribution < -0.4 is 5.19 Å². The van der Waals surface area contributed by atoms with Gasteiger partial charge in [0.1, 0.15) is 0 Å². The molecule has 3 heteroatoms. The lowest BCUT2D eigenvalue weighted by atomic mass is 10.4. The molecule has 2 nitrogen and oxygen atoms in total. The van der Waals surface area contributed by atoms with Gasteiger partial charge in [0, 0.05) is 14.2 Å². The fourth-order valence-electron chi connectivity index (χ4n) is 0.925. The third-order valence-corrected chi connectivity index (χ3v) is 3.23. The number of benzene rings is 1. The second kappa shape index (κ2) is 4.28. The molecule has 0 aliphatic rings. The van der Waals surface area contributed by atoms with E-state index in [2.05, 4.69) is 6.07 Å². The van der Waals surface area contributed by atoms with Gasteiger partial charge >= 0.3 is 9.28 Å². The van der Waals surface area contributed by atoms with Crippen molar-refractivity contribution in [1.82, 2.24) is 0 Å². The van der Waals surface area contributed by atoms with Crippen LogP contribution in [0.3, 0.4) is 0 Å². The summed E-state index contributed by atoms with van der Waals surface area (Å²) >= 11 is 0. The lowest BCUT2D eigenvalue weighted by molar-refractivity contribution is 0.292. The van der Waals surface area contributed by atoms with Crippen LogP contribution in [-0.2, 0) is 8.85 Å². The van der Waals surface area contributed by atoms with Gasteiger partial charge in [-0.2, -0.15) is 0 Å². The Labute approximate surface area is 68.6 Å². The average Bonchev–Trinajstić information content (AvgIpc) is 2.09. The van der Waals surface area contributed by atoms with E-state index in [4.69, 9.17) is 8.85 Å². The van der Waals surface area contributed by atoms with Crippen LogP contribution in [0.1, 0.15) is 0 Å². The first kappa shape index (κ1) is 8.45. The van der Waals surface area contributed by atoms with E-state index in [-0.39, 0.29) is 0 Å². The molecule has 59 valence electrons. The molecule has 1 aromatic carbocycles. The van der Waals surface area contributed by atoms with Crippen molar-refractivity contribution < 1.29 is 8.85 Å². The Morgan fingerprint density at radius 3 is 2.18 bits per heavy atom. The lowest BCUT2D eigenvalue weighted by Gasteiger charge is -2.09. The van der Waals surface area contributed by atoms with Crippen LogP contribution in [0, 0.1) is 6.07 Å². The third kappa shape index (κ3) is 2.15. The predicted molar refractivity (Wildman–Crippen MR) is 46.1 cm³/mol. The van der Waals surface area contributed by atoms with Crippen LogP contribution in [0.5, 0.6) is 0 Å². The van der Waals surface area contributed by atoms with Gasteiger partial charge in [-0.05, 0) is 11.3 Å². The van der Waals surface area contributed by atoms with Gasteiger partial charge in [0.15, 0.2) is 0 Å². The van der Waals surface area contributed by atoms with Gasteiger partial charge in [-0.3, -0.25) is 0 Å². The van der Waals surface area contributed by atoms with E-state index < -0.39 is 9.28 Å². The summed E-state index contributed by atoms with van der Waals surface area (Å²) in [6, 6.07) is 10.6. The first-order valence-corrected chi connectivity index (χ1v) is 4.92. The smallest absolute Gasteiger partial charge is 0.355 e. The molecule has 1 aromatic rings. The van der Waals surface area contributed by atoms with Crippen LogP contribution in [0.4, 0.5) is 0 Å². The minimum Gasteiger partial charge on any atom is -0.397 e. The Kier molecular flexibility index (Phi) is 3.29. The molecule has 0 amide bonds. The third-order valence-electron chi connectivity index (χ3n) is 1.44. The highest BCUT2D eigenvalue weighted by Gasteiger charge is 2.10. The molecule has 0 aliphatic carbocycles. The van der Waals surface area contributed by atoms with E-state index in [9.17, 15) is 0 Å². The summed E-state index contributed by atoms with van der Waals surface area (Å²) in [4.78, 5) is 0. The summed E-state index contributed by atoms with van der Waals surface area (Å²) in [6.45, 7) is 0. The van der Waals surface area contributed by atoms with Gasteiger partial charge < -0.3 is 8.85 Å². The van der Waals surface area contributed by atoms with Crippen LogP contribution >= 0.6 is 0 Å². The van der Waals surface area contributed by atoms with Crippen molar-refractivity contribution in [3.05, 3.63) is 30.3 Å². The fourth-order valence-corrected chi connectivity index (χ4v) is 2.17. The summed E-state index contributed by atoms with van der Waals surface area (Å²) < 4.78 is 10.4. The first-order valence-electron chi connectivity index (χ1n) is 3.40. The Morgan fingerprint density at radius 2 is 1.73 bits per heavy atom. The summed E-state index contributed by atoms with van der Waals surface area (Å²) in [6.07, 6.45) is 0. The highest BCUT2D eigenvalue weighted by molar-refractivity contribution is 6.61. The molecule has 11 heavy (non-hydrogen) atoms. The maximum absolute atomic E-state index is 5.19. The van der Waals surface area contributed by atoms with Crippen LogP contribution in [-0.4, -0.2) is 23.5 Å². The molecular formula is C8H11O2Si. The average molecular weight is 167 g/mol. The maximum atomic E-state index is 5.19. The monoisotopic (exact) mass is 167 g/mol. The van der Waals surface area contributed by atoms with Gasteiger partial charge in [0.2, 0.25) is 0 Å². The zero-order chi connectivity index (χ0) is 8.10. The molecule has 0 bridgehead atoms. The van der Waals surface area contributed by atoms with Gasteiger partial charge in [-0.15, -0.1) is 0 Å². The highest BCUT2D eigenvalue weighted by atomic mass is 28.3. The van der Waals surface area contributed by atoms with Gasteiger partial charge in [0.05, 0.1) is 0 Å². The topological polar surface area (TPSA) is 18.5 Å². The molecule has 0 saturated carbocycles. The second-order valence-electron chi connectivity index (χ2n) is 2.14. The molecule has 0 saturated heterocycles. The molecule has 0 spiro atoms. The summed E-state index contributed by atoms with van der Waals surface area (Å²) in [5, 5.41) is 1.15. The fraction of sp³-hybridized carbons (Fsp3) is 0.250. The minimum atomic E-state index is -1.57. The van der Waals surface area contributed by atoms with E-state index >= 15 is 0 Å². The Bertz CT molecular complexity index is 197. The molecule has 0 N–H and O–H groups in total. The summed E-state index contributed by atoms with van der Waals surface area (Å²) in [5.74, 6) is 0. The lowest BCUT2D eigenvalue weighted by Crippen LogP contribution is -2.34. The zero-order valence-corrected chi connectivity index (χ0v) is 7.86. The van der Waals surface area contributed by atoms with E-state index in [0.717, 1.165) is 5.19 Å². The van der Waals surface area contributed by atoms with Crippen LogP contribution in [0.25, 0.3) is 0 Å². The van der Waals surface area contributed by atoms with Crippen LogP contribution in [0.15, 0.2) is 24.3 Å². The quantitative estimate of drug-likeness (QED) is 0.599. The molecule has 0 atom stereocenters. The molecular weight excluding hydrogens is 156 g/mol. The zero-order valence-electron chi connectivity index (χ0n) is 6.70. The van der Waals surface area contributed by atoms with Gasteiger partial charge in [0.25, 0.3) is 0 Å². The standard InChI is InChI=1S/C8H11O2Si/c1-9-11(10-2)8-6-4-3-5-7-8/h4-7,11H,1-2H3. The van der Waals surface area contributed by atoms with E-state index in [1.54, 1.807) is 14.2 Å². The van der Waals surface area contributed by atoms with E-state index in [1.807, 2.05) is 24.3 Å². The van der Waals surface area contributed by atoms with Crippen molar-refractivity contribution in [2.45, 2.75) is 0 Å². The molecule has 0 aromatic heterocycles. The minimum absolute atomic E-state index is 1.15. The largest absolute Gasteiger partial charge is 0.397 e. The molecule has 1 rings (SSSR count). The number of rotatable bonds is 3. The van der Waals surface area contributed by atoms with Crippen molar-refractivity contribution in [2.75, 3.05) is 14.2 Å². The van der Waals surface area contributed by atoms with Crippen molar-refractivity contribution in [3.63, 3.8) is 0 Å².